The molecule has 0 atom stereocenters. The lowest BCUT2D eigenvalue weighted by atomic mass is 10.1. The van der Waals surface area contributed by atoms with Gasteiger partial charge in [-0.1, -0.05) is 30.3 Å². The van der Waals surface area contributed by atoms with Crippen LogP contribution in [0.5, 0.6) is 0 Å². The second-order valence-corrected chi connectivity index (χ2v) is 5.14. The summed E-state index contributed by atoms with van der Waals surface area (Å²) in [5, 5.41) is 4.65. The maximum Gasteiger partial charge on any atom is 0.201 e. The molecule has 4 rings (SSSR count). The summed E-state index contributed by atoms with van der Waals surface area (Å²) < 4.78 is 0. The van der Waals surface area contributed by atoms with E-state index in [2.05, 4.69) is 50.7 Å². The van der Waals surface area contributed by atoms with Gasteiger partial charge in [0, 0.05) is 23.6 Å². The van der Waals surface area contributed by atoms with E-state index in [0.717, 1.165) is 29.9 Å². The zero-order valence-electron chi connectivity index (χ0n) is 11.6. The minimum atomic E-state index is 0.830. The highest BCUT2D eigenvalue weighted by Crippen LogP contribution is 2.18. The Morgan fingerprint density at radius 2 is 1.76 bits per heavy atom. The number of H-pyrrole nitrogens is 2. The summed E-state index contributed by atoms with van der Waals surface area (Å²) in [6, 6.07) is 16.4. The van der Waals surface area contributed by atoms with E-state index >= 15 is 0 Å². The molecule has 0 bridgehead atoms. The fourth-order valence-corrected chi connectivity index (χ4v) is 2.69. The third-order valence-electron chi connectivity index (χ3n) is 3.75. The first-order valence-electron chi connectivity index (χ1n) is 7.14. The fraction of sp³-hybridized carbons (Fsp3) is 0.118. The molecule has 2 aromatic carbocycles. The minimum Gasteiger partial charge on any atom is -0.361 e. The molecule has 2 heterocycles. The molecule has 21 heavy (non-hydrogen) atoms. The van der Waals surface area contributed by atoms with E-state index in [0.29, 0.717) is 0 Å². The summed E-state index contributed by atoms with van der Waals surface area (Å²) in [6.07, 6.45) is 3.05. The highest BCUT2D eigenvalue weighted by molar-refractivity contribution is 5.83. The third-order valence-corrected chi connectivity index (χ3v) is 3.75. The van der Waals surface area contributed by atoms with Crippen molar-refractivity contribution in [2.24, 2.45) is 0 Å². The number of nitrogens with one attached hydrogen (secondary N) is 3. The van der Waals surface area contributed by atoms with Gasteiger partial charge < -0.3 is 15.3 Å². The molecule has 4 heteroatoms. The molecule has 4 aromatic rings. The molecule has 4 nitrogen and oxygen atoms in total. The van der Waals surface area contributed by atoms with Crippen LogP contribution in [0.15, 0.2) is 54.7 Å². The molecular formula is C17H16N4. The second kappa shape index (κ2) is 4.98. The highest BCUT2D eigenvalue weighted by atomic mass is 15.1. The van der Waals surface area contributed by atoms with E-state index in [1.807, 2.05) is 24.3 Å². The average Bonchev–Trinajstić information content (AvgIpc) is 3.11. The van der Waals surface area contributed by atoms with Crippen LogP contribution in [0, 0.1) is 0 Å². The highest BCUT2D eigenvalue weighted by Gasteiger charge is 2.04. The van der Waals surface area contributed by atoms with Gasteiger partial charge in [0.25, 0.3) is 0 Å². The van der Waals surface area contributed by atoms with Gasteiger partial charge in [0.2, 0.25) is 5.95 Å². The standard InChI is InChI=1S/C17H16N4/c1-2-6-14-13(5-1)12(11-19-14)9-10-18-17-20-15-7-3-4-8-16(15)21-17/h1-8,11,19H,9-10H2,(H2,18,20,21). The summed E-state index contributed by atoms with van der Waals surface area (Å²) in [5.41, 5.74) is 4.57. The van der Waals surface area contributed by atoms with Crippen LogP contribution in [0.25, 0.3) is 21.9 Å². The molecule has 0 aliphatic carbocycles. The molecule has 0 aliphatic rings. The van der Waals surface area contributed by atoms with Crippen LogP contribution in [0.3, 0.4) is 0 Å². The average molecular weight is 276 g/mol. The minimum absolute atomic E-state index is 0.830. The van der Waals surface area contributed by atoms with Crippen molar-refractivity contribution in [3.8, 4) is 0 Å². The van der Waals surface area contributed by atoms with Crippen LogP contribution in [0.4, 0.5) is 5.95 Å². The quantitative estimate of drug-likeness (QED) is 0.532. The summed E-state index contributed by atoms with van der Waals surface area (Å²) >= 11 is 0. The maximum absolute atomic E-state index is 4.52. The number of anilines is 1. The molecule has 0 saturated heterocycles. The van der Waals surface area contributed by atoms with Gasteiger partial charge in [0.1, 0.15) is 0 Å². The van der Waals surface area contributed by atoms with Gasteiger partial charge in [-0.15, -0.1) is 0 Å². The van der Waals surface area contributed by atoms with E-state index < -0.39 is 0 Å². The Hall–Kier alpha value is -2.75. The number of rotatable bonds is 4. The molecule has 0 fully saturated rings. The Morgan fingerprint density at radius 1 is 0.952 bits per heavy atom. The summed E-state index contributed by atoms with van der Waals surface area (Å²) in [6.45, 7) is 0.849. The molecule has 3 N–H and O–H groups in total. The van der Waals surface area contributed by atoms with Crippen molar-refractivity contribution in [2.75, 3.05) is 11.9 Å². The Bertz CT molecular complexity index is 855. The van der Waals surface area contributed by atoms with Gasteiger partial charge in [0.15, 0.2) is 0 Å². The topological polar surface area (TPSA) is 56.5 Å². The van der Waals surface area contributed by atoms with E-state index in [4.69, 9.17) is 0 Å². The van der Waals surface area contributed by atoms with Crippen LogP contribution < -0.4 is 5.32 Å². The number of aromatic nitrogens is 3. The smallest absolute Gasteiger partial charge is 0.201 e. The number of benzene rings is 2. The lowest BCUT2D eigenvalue weighted by Crippen LogP contribution is -2.05. The van der Waals surface area contributed by atoms with Crippen molar-refractivity contribution in [1.29, 1.82) is 0 Å². The normalized spacial score (nSPS) is 11.2. The maximum atomic E-state index is 4.52. The van der Waals surface area contributed by atoms with Crippen LogP contribution >= 0.6 is 0 Å². The number of aromatic amines is 2. The van der Waals surface area contributed by atoms with Gasteiger partial charge in [-0.2, -0.15) is 0 Å². The number of hydrogen-bond donors (Lipinski definition) is 3. The van der Waals surface area contributed by atoms with E-state index in [9.17, 15) is 0 Å². The van der Waals surface area contributed by atoms with Gasteiger partial charge in [-0.05, 0) is 30.2 Å². The molecule has 2 aromatic heterocycles. The molecule has 0 amide bonds. The lowest BCUT2D eigenvalue weighted by molar-refractivity contribution is 1.01. The molecule has 0 radical (unpaired) electrons. The summed E-state index contributed by atoms with van der Waals surface area (Å²) in [7, 11) is 0. The number of para-hydroxylation sites is 3. The monoisotopic (exact) mass is 276 g/mol. The Kier molecular flexibility index (Phi) is 2.85. The predicted molar refractivity (Wildman–Crippen MR) is 86.6 cm³/mol. The number of imidazole rings is 1. The van der Waals surface area contributed by atoms with Crippen molar-refractivity contribution in [1.82, 2.24) is 15.0 Å². The molecular weight excluding hydrogens is 260 g/mol. The van der Waals surface area contributed by atoms with Crippen molar-refractivity contribution in [2.45, 2.75) is 6.42 Å². The molecule has 104 valence electrons. The fourth-order valence-electron chi connectivity index (χ4n) is 2.69. The van der Waals surface area contributed by atoms with Gasteiger partial charge in [0.05, 0.1) is 11.0 Å². The number of nitrogens with zero attached hydrogens (tertiary/aromatic N) is 1. The predicted octanol–water partition coefficient (Wildman–Crippen LogP) is 3.70. The third kappa shape index (κ3) is 2.25. The summed E-state index contributed by atoms with van der Waals surface area (Å²) in [5.74, 6) is 0.830. The van der Waals surface area contributed by atoms with Crippen LogP contribution in [0.2, 0.25) is 0 Å². The molecule has 0 saturated carbocycles. The van der Waals surface area contributed by atoms with Crippen LogP contribution in [0.1, 0.15) is 5.56 Å². The Balaban J connectivity index is 1.47. The van der Waals surface area contributed by atoms with Gasteiger partial charge >= 0.3 is 0 Å². The number of fused-ring (bicyclic) bond motifs is 2. The Labute approximate surface area is 122 Å². The largest absolute Gasteiger partial charge is 0.361 e. The van der Waals surface area contributed by atoms with Crippen LogP contribution in [-0.2, 0) is 6.42 Å². The van der Waals surface area contributed by atoms with Crippen molar-refractivity contribution >= 4 is 27.9 Å². The van der Waals surface area contributed by atoms with Crippen LogP contribution in [-0.4, -0.2) is 21.5 Å². The first-order chi connectivity index (χ1) is 10.4. The van der Waals surface area contributed by atoms with Crippen molar-refractivity contribution < 1.29 is 0 Å². The zero-order valence-corrected chi connectivity index (χ0v) is 11.6. The molecule has 0 aliphatic heterocycles. The lowest BCUT2D eigenvalue weighted by Gasteiger charge is -2.02. The Morgan fingerprint density at radius 3 is 2.67 bits per heavy atom. The first kappa shape index (κ1) is 12.0. The van der Waals surface area contributed by atoms with Gasteiger partial charge in [-0.3, -0.25) is 0 Å². The van der Waals surface area contributed by atoms with Crippen molar-refractivity contribution in [3.05, 3.63) is 60.3 Å². The first-order valence-corrected chi connectivity index (χ1v) is 7.14. The SMILES string of the molecule is c1ccc2[nH]c(NCCc3c[nH]c4ccccc34)nc2c1. The zero-order chi connectivity index (χ0) is 14.1. The van der Waals surface area contributed by atoms with Gasteiger partial charge in [-0.25, -0.2) is 4.98 Å². The second-order valence-electron chi connectivity index (χ2n) is 5.14. The van der Waals surface area contributed by atoms with E-state index in [-0.39, 0.29) is 0 Å². The van der Waals surface area contributed by atoms with E-state index in [1.165, 1.54) is 16.5 Å². The molecule has 0 unspecified atom stereocenters. The number of hydrogen-bond acceptors (Lipinski definition) is 2. The van der Waals surface area contributed by atoms with E-state index in [1.54, 1.807) is 0 Å². The molecule has 0 spiro atoms. The van der Waals surface area contributed by atoms with Crippen molar-refractivity contribution in [3.63, 3.8) is 0 Å². The summed E-state index contributed by atoms with van der Waals surface area (Å²) in [4.78, 5) is 11.1.